The molecule has 134 valence electrons. The number of aryl methyl sites for hydroxylation is 1. The van der Waals surface area contributed by atoms with E-state index >= 15 is 0 Å². The Hall–Kier alpha value is -1.85. The first kappa shape index (κ1) is 16.6. The number of fused-ring (bicyclic) bond motifs is 1. The Bertz CT molecular complexity index is 761. The van der Waals surface area contributed by atoms with Crippen molar-refractivity contribution in [2.45, 2.75) is 38.8 Å². The minimum absolute atomic E-state index is 0.0163. The van der Waals surface area contributed by atoms with Crippen LogP contribution < -0.4 is 0 Å². The molecule has 0 radical (unpaired) electrons. The lowest BCUT2D eigenvalue weighted by Crippen LogP contribution is -2.51. The molecule has 1 aromatic carbocycles. The van der Waals surface area contributed by atoms with E-state index in [2.05, 4.69) is 17.9 Å². The summed E-state index contributed by atoms with van der Waals surface area (Å²) in [7, 11) is 0. The van der Waals surface area contributed by atoms with Crippen molar-refractivity contribution in [1.29, 1.82) is 0 Å². The summed E-state index contributed by atoms with van der Waals surface area (Å²) in [6, 6.07) is 8.44. The second-order valence-corrected chi connectivity index (χ2v) is 7.35. The molecule has 0 saturated carbocycles. The van der Waals surface area contributed by atoms with Crippen LogP contribution >= 0.6 is 0 Å². The molecule has 2 aliphatic rings. The molecule has 3 heterocycles. The Morgan fingerprint density at radius 3 is 2.72 bits per heavy atom. The molecule has 4 rings (SSSR count). The number of nitrogens with zero attached hydrogens (tertiary/aromatic N) is 2. The highest BCUT2D eigenvalue weighted by molar-refractivity contribution is 5.96. The van der Waals surface area contributed by atoms with Crippen LogP contribution in [0.1, 0.15) is 35.9 Å². The fourth-order valence-electron chi connectivity index (χ4n) is 4.04. The van der Waals surface area contributed by atoms with Crippen LogP contribution in [0.25, 0.3) is 11.0 Å². The fourth-order valence-corrected chi connectivity index (χ4v) is 4.04. The summed E-state index contributed by atoms with van der Waals surface area (Å²) in [5.74, 6) is 0.474. The number of rotatable bonds is 2. The average molecular weight is 342 g/mol. The first-order valence-electron chi connectivity index (χ1n) is 9.25. The average Bonchev–Trinajstić information content (AvgIpc) is 3.04. The molecular formula is C20H26N2O3. The summed E-state index contributed by atoms with van der Waals surface area (Å²) in [6.45, 7) is 8.60. The van der Waals surface area contributed by atoms with Gasteiger partial charge >= 0.3 is 0 Å². The predicted octanol–water partition coefficient (Wildman–Crippen LogP) is 3.07. The van der Waals surface area contributed by atoms with E-state index in [9.17, 15) is 4.79 Å². The van der Waals surface area contributed by atoms with E-state index in [0.717, 1.165) is 56.6 Å². The monoisotopic (exact) mass is 342 g/mol. The van der Waals surface area contributed by atoms with Gasteiger partial charge in [0.05, 0.1) is 12.7 Å². The first-order valence-corrected chi connectivity index (χ1v) is 9.25. The number of carbonyl (C=O) groups is 1. The van der Waals surface area contributed by atoms with E-state index < -0.39 is 0 Å². The number of ether oxygens (including phenoxy) is 1. The number of likely N-dealkylation sites (tertiary alicyclic amines) is 1. The van der Waals surface area contributed by atoms with Crippen molar-refractivity contribution in [3.8, 4) is 0 Å². The van der Waals surface area contributed by atoms with Gasteiger partial charge in [0.25, 0.3) is 5.91 Å². The molecule has 0 unspecified atom stereocenters. The number of carbonyl (C=O) groups excluding carboxylic acids is 1. The lowest BCUT2D eigenvalue weighted by atomic mass is 10.0. The van der Waals surface area contributed by atoms with Crippen molar-refractivity contribution in [3.63, 3.8) is 0 Å². The van der Waals surface area contributed by atoms with E-state index in [-0.39, 0.29) is 5.91 Å². The highest BCUT2D eigenvalue weighted by Gasteiger charge is 2.30. The molecule has 0 N–H and O–H groups in total. The SMILES string of the molecule is Cc1ccc2oc(C(=O)N3CCC(N4CCO[C@H](C)C4)CC3)cc2c1. The third kappa shape index (κ3) is 3.44. The highest BCUT2D eigenvalue weighted by Crippen LogP contribution is 2.24. The van der Waals surface area contributed by atoms with Gasteiger partial charge in [-0.2, -0.15) is 0 Å². The Labute approximate surface area is 148 Å². The lowest BCUT2D eigenvalue weighted by Gasteiger charge is -2.41. The molecule has 2 saturated heterocycles. The largest absolute Gasteiger partial charge is 0.451 e. The van der Waals surface area contributed by atoms with Crippen LogP contribution in [0.5, 0.6) is 0 Å². The number of amides is 1. The molecule has 2 fully saturated rings. The Morgan fingerprint density at radius 2 is 1.96 bits per heavy atom. The summed E-state index contributed by atoms with van der Waals surface area (Å²) in [4.78, 5) is 17.3. The zero-order valence-corrected chi connectivity index (χ0v) is 15.0. The molecular weight excluding hydrogens is 316 g/mol. The second-order valence-electron chi connectivity index (χ2n) is 7.35. The minimum atomic E-state index is 0.0163. The summed E-state index contributed by atoms with van der Waals surface area (Å²) in [6.07, 6.45) is 2.36. The predicted molar refractivity (Wildman–Crippen MR) is 96.9 cm³/mol. The molecule has 1 atom stereocenters. The Kier molecular flexibility index (Phi) is 4.52. The van der Waals surface area contributed by atoms with Crippen LogP contribution in [-0.4, -0.2) is 60.6 Å². The molecule has 25 heavy (non-hydrogen) atoms. The van der Waals surface area contributed by atoms with Gasteiger partial charge in [0.2, 0.25) is 0 Å². The van der Waals surface area contributed by atoms with Gasteiger partial charge in [-0.3, -0.25) is 9.69 Å². The van der Waals surface area contributed by atoms with Gasteiger partial charge in [0.15, 0.2) is 5.76 Å². The van der Waals surface area contributed by atoms with Crippen LogP contribution in [0, 0.1) is 6.92 Å². The molecule has 0 aliphatic carbocycles. The van der Waals surface area contributed by atoms with Crippen molar-refractivity contribution >= 4 is 16.9 Å². The van der Waals surface area contributed by atoms with Gasteiger partial charge in [0, 0.05) is 37.6 Å². The summed E-state index contributed by atoms with van der Waals surface area (Å²) < 4.78 is 11.4. The van der Waals surface area contributed by atoms with E-state index in [0.29, 0.717) is 17.9 Å². The van der Waals surface area contributed by atoms with Gasteiger partial charge in [-0.25, -0.2) is 0 Å². The van der Waals surface area contributed by atoms with Crippen molar-refractivity contribution in [1.82, 2.24) is 9.80 Å². The molecule has 5 heteroatoms. The van der Waals surface area contributed by atoms with Crippen LogP contribution in [0.2, 0.25) is 0 Å². The van der Waals surface area contributed by atoms with Crippen molar-refractivity contribution in [2.75, 3.05) is 32.8 Å². The lowest BCUT2D eigenvalue weighted by molar-refractivity contribution is -0.0424. The third-order valence-corrected chi connectivity index (χ3v) is 5.42. The van der Waals surface area contributed by atoms with Crippen molar-refractivity contribution in [3.05, 3.63) is 35.6 Å². The van der Waals surface area contributed by atoms with Gasteiger partial charge in [0.1, 0.15) is 5.58 Å². The number of hydrogen-bond acceptors (Lipinski definition) is 4. The molecule has 5 nitrogen and oxygen atoms in total. The van der Waals surface area contributed by atoms with E-state index in [1.165, 1.54) is 5.56 Å². The first-order chi connectivity index (χ1) is 12.1. The van der Waals surface area contributed by atoms with E-state index in [1.807, 2.05) is 30.0 Å². The molecule has 1 amide bonds. The minimum Gasteiger partial charge on any atom is -0.451 e. The fraction of sp³-hybridized carbons (Fsp3) is 0.550. The van der Waals surface area contributed by atoms with E-state index in [1.54, 1.807) is 0 Å². The molecule has 2 aliphatic heterocycles. The van der Waals surface area contributed by atoms with Gasteiger partial charge in [-0.1, -0.05) is 11.6 Å². The van der Waals surface area contributed by atoms with Gasteiger partial charge in [-0.05, 0) is 44.9 Å². The van der Waals surface area contributed by atoms with Crippen molar-refractivity contribution in [2.24, 2.45) is 0 Å². The molecule has 0 spiro atoms. The molecule has 0 bridgehead atoms. The maximum absolute atomic E-state index is 12.8. The zero-order chi connectivity index (χ0) is 17.4. The Balaban J connectivity index is 1.40. The third-order valence-electron chi connectivity index (χ3n) is 5.42. The van der Waals surface area contributed by atoms with Gasteiger partial charge < -0.3 is 14.1 Å². The van der Waals surface area contributed by atoms with Crippen molar-refractivity contribution < 1.29 is 13.9 Å². The second kappa shape index (κ2) is 6.81. The topological polar surface area (TPSA) is 45.9 Å². The quantitative estimate of drug-likeness (QED) is 0.841. The van der Waals surface area contributed by atoms with Crippen LogP contribution in [0.4, 0.5) is 0 Å². The molecule has 2 aromatic rings. The Morgan fingerprint density at radius 1 is 1.16 bits per heavy atom. The number of hydrogen-bond donors (Lipinski definition) is 0. The number of benzene rings is 1. The maximum atomic E-state index is 12.8. The summed E-state index contributed by atoms with van der Waals surface area (Å²) in [5, 5.41) is 1.00. The standard InChI is InChI=1S/C20H26N2O3/c1-14-3-4-18-16(11-14)12-19(25-18)20(23)21-7-5-17(6-8-21)22-9-10-24-15(2)13-22/h3-4,11-12,15,17H,5-10,13H2,1-2H3/t15-/m1/s1. The summed E-state index contributed by atoms with van der Waals surface area (Å²) in [5.41, 5.74) is 1.96. The molecule has 1 aromatic heterocycles. The van der Waals surface area contributed by atoms with Crippen LogP contribution in [0.15, 0.2) is 28.7 Å². The van der Waals surface area contributed by atoms with Crippen LogP contribution in [-0.2, 0) is 4.74 Å². The summed E-state index contributed by atoms with van der Waals surface area (Å²) >= 11 is 0. The van der Waals surface area contributed by atoms with E-state index in [4.69, 9.17) is 9.15 Å². The zero-order valence-electron chi connectivity index (χ0n) is 15.0. The smallest absolute Gasteiger partial charge is 0.289 e. The number of morpholine rings is 1. The number of furan rings is 1. The maximum Gasteiger partial charge on any atom is 0.289 e. The van der Waals surface area contributed by atoms with Crippen LogP contribution in [0.3, 0.4) is 0 Å². The normalized spacial score (nSPS) is 23.3. The number of piperidine rings is 1. The highest BCUT2D eigenvalue weighted by atomic mass is 16.5. The van der Waals surface area contributed by atoms with Gasteiger partial charge in [-0.15, -0.1) is 0 Å².